The molecular weight excluding hydrogens is 471 g/mol. The lowest BCUT2D eigenvalue weighted by atomic mass is 10.2. The molecule has 1 aromatic rings. The maximum Gasteiger partial charge on any atom is 0.222 e. The molecule has 1 unspecified atom stereocenters. The van der Waals surface area contributed by atoms with Gasteiger partial charge < -0.3 is 15.5 Å². The first-order chi connectivity index (χ1) is 12.6. The number of nitrogens with zero attached hydrogens (tertiary/aromatic N) is 2. The number of nitrogens with one attached hydrogen (secondary N) is 2. The zero-order valence-corrected chi connectivity index (χ0v) is 19.8. The van der Waals surface area contributed by atoms with E-state index in [1.807, 2.05) is 25.6 Å². The molecule has 1 heterocycles. The van der Waals surface area contributed by atoms with Gasteiger partial charge in [0.15, 0.2) is 5.96 Å². The van der Waals surface area contributed by atoms with E-state index in [0.29, 0.717) is 18.9 Å². The SMILES string of the molecule is CCNC(=NCCC(=O)NC(C)C)N1CCC(CSc2ccccc2)C1.I. The third kappa shape index (κ3) is 9.19. The van der Waals surface area contributed by atoms with Crippen molar-refractivity contribution in [1.82, 2.24) is 15.5 Å². The second-order valence-electron chi connectivity index (χ2n) is 6.93. The van der Waals surface area contributed by atoms with E-state index in [1.54, 1.807) is 0 Å². The van der Waals surface area contributed by atoms with Gasteiger partial charge in [0.2, 0.25) is 5.91 Å². The molecule has 7 heteroatoms. The van der Waals surface area contributed by atoms with Gasteiger partial charge in [-0.15, -0.1) is 35.7 Å². The zero-order chi connectivity index (χ0) is 18.8. The molecule has 0 aromatic heterocycles. The van der Waals surface area contributed by atoms with Gasteiger partial charge in [0.25, 0.3) is 0 Å². The van der Waals surface area contributed by atoms with Crippen molar-refractivity contribution >= 4 is 47.6 Å². The van der Waals surface area contributed by atoms with E-state index in [4.69, 9.17) is 0 Å². The largest absolute Gasteiger partial charge is 0.357 e. The molecule has 1 aliphatic heterocycles. The number of aliphatic imine (C=N–C) groups is 1. The summed E-state index contributed by atoms with van der Waals surface area (Å²) in [7, 11) is 0. The van der Waals surface area contributed by atoms with Crippen molar-refractivity contribution < 1.29 is 4.79 Å². The summed E-state index contributed by atoms with van der Waals surface area (Å²) < 4.78 is 0. The molecule has 152 valence electrons. The molecule has 1 saturated heterocycles. The number of rotatable bonds is 8. The average molecular weight is 504 g/mol. The van der Waals surface area contributed by atoms with E-state index in [0.717, 1.165) is 31.3 Å². The molecule has 1 aromatic carbocycles. The van der Waals surface area contributed by atoms with Gasteiger partial charge in [-0.25, -0.2) is 0 Å². The van der Waals surface area contributed by atoms with Crippen molar-refractivity contribution in [3.63, 3.8) is 0 Å². The number of carbonyl (C=O) groups is 1. The summed E-state index contributed by atoms with van der Waals surface area (Å²) in [6.45, 7) is 9.47. The summed E-state index contributed by atoms with van der Waals surface area (Å²) in [4.78, 5) is 20.1. The van der Waals surface area contributed by atoms with Gasteiger partial charge in [-0.3, -0.25) is 9.79 Å². The van der Waals surface area contributed by atoms with Crippen LogP contribution < -0.4 is 10.6 Å². The lowest BCUT2D eigenvalue weighted by Gasteiger charge is -2.21. The summed E-state index contributed by atoms with van der Waals surface area (Å²) >= 11 is 1.93. The zero-order valence-electron chi connectivity index (χ0n) is 16.6. The van der Waals surface area contributed by atoms with E-state index in [2.05, 4.69) is 57.8 Å². The van der Waals surface area contributed by atoms with Crippen LogP contribution in [0.3, 0.4) is 0 Å². The third-order valence-electron chi connectivity index (χ3n) is 4.20. The van der Waals surface area contributed by atoms with Gasteiger partial charge in [-0.1, -0.05) is 18.2 Å². The Balaban J connectivity index is 0.00000364. The Morgan fingerprint density at radius 3 is 2.74 bits per heavy atom. The fraction of sp³-hybridized carbons (Fsp3) is 0.600. The molecule has 0 bridgehead atoms. The van der Waals surface area contributed by atoms with Gasteiger partial charge in [0, 0.05) is 42.7 Å². The molecule has 0 spiro atoms. The number of amides is 1. The molecule has 27 heavy (non-hydrogen) atoms. The summed E-state index contributed by atoms with van der Waals surface area (Å²) in [5.41, 5.74) is 0. The van der Waals surface area contributed by atoms with Gasteiger partial charge in [-0.2, -0.15) is 0 Å². The number of hydrogen-bond donors (Lipinski definition) is 2. The van der Waals surface area contributed by atoms with E-state index < -0.39 is 0 Å². The smallest absolute Gasteiger partial charge is 0.222 e. The fourth-order valence-electron chi connectivity index (χ4n) is 2.98. The Kier molecular flexibility index (Phi) is 11.8. The molecule has 1 amide bonds. The molecule has 1 atom stereocenters. The first-order valence-corrected chi connectivity index (χ1v) is 10.6. The van der Waals surface area contributed by atoms with Gasteiger partial charge >= 0.3 is 0 Å². The van der Waals surface area contributed by atoms with Crippen molar-refractivity contribution in [2.45, 2.75) is 44.6 Å². The predicted octanol–water partition coefficient (Wildman–Crippen LogP) is 3.60. The van der Waals surface area contributed by atoms with Crippen LogP contribution in [0.5, 0.6) is 0 Å². The second kappa shape index (κ2) is 13.3. The minimum Gasteiger partial charge on any atom is -0.357 e. The number of guanidine groups is 1. The molecular formula is C20H33IN4OS. The van der Waals surface area contributed by atoms with Crippen molar-refractivity contribution in [3.05, 3.63) is 30.3 Å². The molecule has 2 rings (SSSR count). The first-order valence-electron chi connectivity index (χ1n) is 9.59. The van der Waals surface area contributed by atoms with Crippen molar-refractivity contribution in [1.29, 1.82) is 0 Å². The number of carbonyl (C=O) groups excluding carboxylic acids is 1. The summed E-state index contributed by atoms with van der Waals surface area (Å²) in [6, 6.07) is 10.8. The van der Waals surface area contributed by atoms with Gasteiger partial charge in [0.1, 0.15) is 0 Å². The van der Waals surface area contributed by atoms with E-state index in [-0.39, 0.29) is 35.9 Å². The monoisotopic (exact) mass is 504 g/mol. The fourth-order valence-corrected chi connectivity index (χ4v) is 4.02. The van der Waals surface area contributed by atoms with Crippen molar-refractivity contribution in [2.24, 2.45) is 10.9 Å². The highest BCUT2D eigenvalue weighted by molar-refractivity contribution is 14.0. The summed E-state index contributed by atoms with van der Waals surface area (Å²) in [5.74, 6) is 2.82. The van der Waals surface area contributed by atoms with Crippen LogP contribution in [0, 0.1) is 5.92 Å². The highest BCUT2D eigenvalue weighted by Crippen LogP contribution is 2.25. The Labute approximate surface area is 185 Å². The van der Waals surface area contributed by atoms with E-state index >= 15 is 0 Å². The number of hydrogen-bond acceptors (Lipinski definition) is 3. The molecule has 0 radical (unpaired) electrons. The Morgan fingerprint density at radius 2 is 2.07 bits per heavy atom. The summed E-state index contributed by atoms with van der Waals surface area (Å²) in [5, 5.41) is 6.28. The van der Waals surface area contributed by atoms with Gasteiger partial charge in [-0.05, 0) is 45.2 Å². The lowest BCUT2D eigenvalue weighted by molar-refractivity contribution is -0.121. The third-order valence-corrected chi connectivity index (χ3v) is 5.44. The maximum absolute atomic E-state index is 11.8. The Hall–Kier alpha value is -0.960. The number of likely N-dealkylation sites (tertiary alicyclic amines) is 1. The molecule has 1 aliphatic rings. The molecule has 2 N–H and O–H groups in total. The highest BCUT2D eigenvalue weighted by Gasteiger charge is 2.24. The number of thioether (sulfide) groups is 1. The number of benzene rings is 1. The Morgan fingerprint density at radius 1 is 1.33 bits per heavy atom. The molecule has 5 nitrogen and oxygen atoms in total. The highest BCUT2D eigenvalue weighted by atomic mass is 127. The average Bonchev–Trinajstić information content (AvgIpc) is 3.08. The van der Waals surface area contributed by atoms with Gasteiger partial charge in [0.05, 0.1) is 6.54 Å². The van der Waals surface area contributed by atoms with E-state index in [1.165, 1.54) is 11.3 Å². The predicted molar refractivity (Wildman–Crippen MR) is 126 cm³/mol. The molecule has 1 fully saturated rings. The van der Waals surface area contributed by atoms with Crippen LogP contribution in [0.15, 0.2) is 40.2 Å². The van der Waals surface area contributed by atoms with Crippen LogP contribution in [0.25, 0.3) is 0 Å². The van der Waals surface area contributed by atoms with Crippen LogP contribution in [0.1, 0.15) is 33.6 Å². The molecule has 0 aliphatic carbocycles. The normalized spacial score (nSPS) is 17.0. The standard InChI is InChI=1S/C20H32N4OS.HI/c1-4-21-20(22-12-10-19(25)23-16(2)3)24-13-11-17(14-24)15-26-18-8-6-5-7-9-18;/h5-9,16-17H,4,10-15H2,1-3H3,(H,21,22)(H,23,25);1H. The van der Waals surface area contributed by atoms with Crippen molar-refractivity contribution in [3.8, 4) is 0 Å². The minimum atomic E-state index is 0. The van der Waals surface area contributed by atoms with Crippen LogP contribution in [0.4, 0.5) is 0 Å². The second-order valence-corrected chi connectivity index (χ2v) is 8.03. The maximum atomic E-state index is 11.8. The number of halogens is 1. The van der Waals surface area contributed by atoms with Crippen LogP contribution in [0.2, 0.25) is 0 Å². The van der Waals surface area contributed by atoms with Crippen LogP contribution in [-0.2, 0) is 4.79 Å². The van der Waals surface area contributed by atoms with Crippen molar-refractivity contribution in [2.75, 3.05) is 31.9 Å². The Bertz CT molecular complexity index is 583. The van der Waals surface area contributed by atoms with E-state index in [9.17, 15) is 4.79 Å². The topological polar surface area (TPSA) is 56.7 Å². The van der Waals surface area contributed by atoms with Crippen LogP contribution in [-0.4, -0.2) is 54.7 Å². The lowest BCUT2D eigenvalue weighted by Crippen LogP contribution is -2.40. The minimum absolute atomic E-state index is 0. The van der Waals surface area contributed by atoms with Crippen LogP contribution >= 0.6 is 35.7 Å². The first kappa shape index (κ1) is 24.1. The summed E-state index contributed by atoms with van der Waals surface area (Å²) in [6.07, 6.45) is 1.63. The molecule has 0 saturated carbocycles. The quantitative estimate of drug-likeness (QED) is 0.246.